The zero-order valence-corrected chi connectivity index (χ0v) is 29.5. The van der Waals surface area contributed by atoms with Crippen molar-refractivity contribution >= 4 is 71.7 Å². The maximum Gasteiger partial charge on any atom is 0.136 e. The van der Waals surface area contributed by atoms with Crippen LogP contribution in [-0.2, 0) is 0 Å². The van der Waals surface area contributed by atoms with Gasteiger partial charge in [-0.3, -0.25) is 0 Å². The molecule has 2 aromatic heterocycles. The number of fused-ring (bicyclic) bond motifs is 7. The molecule has 0 radical (unpaired) electrons. The first-order chi connectivity index (χ1) is 28.9. The fourth-order valence-corrected chi connectivity index (χ4v) is 7.99. The standard InChI is InChI=1S/C52H33NO2/c1-2-12-34(13-3-1)35-24-28-39(29-25-35)53(40-30-26-36(27-31-40)41-18-10-22-48-51(41)44-17-7-9-21-47(44)54-48)46-20-8-6-16-42(46)43-19-11-23-49-52(43)45-32-37-14-4-5-15-38(37)33-50(45)55-49/h1-33H/i26D,27D,30D,31D. The van der Waals surface area contributed by atoms with Crippen molar-refractivity contribution in [3.63, 3.8) is 0 Å². The van der Waals surface area contributed by atoms with E-state index in [4.69, 9.17) is 8.83 Å². The van der Waals surface area contributed by atoms with E-state index in [0.717, 1.165) is 65.7 Å². The molecule has 0 saturated carbocycles. The number of nitrogens with zero attached hydrogens (tertiary/aromatic N) is 1. The number of para-hydroxylation sites is 2. The largest absolute Gasteiger partial charge is 0.456 e. The van der Waals surface area contributed by atoms with Crippen molar-refractivity contribution in [2.75, 3.05) is 4.90 Å². The lowest BCUT2D eigenvalue weighted by Crippen LogP contribution is -2.11. The van der Waals surface area contributed by atoms with Gasteiger partial charge in [0.1, 0.15) is 22.3 Å². The second-order valence-corrected chi connectivity index (χ2v) is 13.7. The van der Waals surface area contributed by atoms with Crippen LogP contribution >= 0.6 is 0 Å². The molecule has 3 heteroatoms. The van der Waals surface area contributed by atoms with Crippen LogP contribution in [0.1, 0.15) is 5.48 Å². The van der Waals surface area contributed by atoms with Crippen LogP contribution in [0.3, 0.4) is 0 Å². The molecule has 11 aromatic rings. The summed E-state index contributed by atoms with van der Waals surface area (Å²) in [5.41, 5.74) is 9.00. The van der Waals surface area contributed by atoms with E-state index in [-0.39, 0.29) is 35.4 Å². The van der Waals surface area contributed by atoms with E-state index in [1.807, 2.05) is 138 Å². The first-order valence-corrected chi connectivity index (χ1v) is 18.3. The van der Waals surface area contributed by atoms with Gasteiger partial charge in [0.15, 0.2) is 0 Å². The number of anilines is 3. The van der Waals surface area contributed by atoms with Crippen LogP contribution in [0, 0.1) is 0 Å². The molecular formula is C52H33NO2. The highest BCUT2D eigenvalue weighted by Gasteiger charge is 2.21. The molecule has 0 aliphatic heterocycles. The second-order valence-electron chi connectivity index (χ2n) is 13.7. The highest BCUT2D eigenvalue weighted by molar-refractivity contribution is 6.17. The number of hydrogen-bond acceptors (Lipinski definition) is 3. The van der Waals surface area contributed by atoms with E-state index in [0.29, 0.717) is 28.1 Å². The molecule has 9 aromatic carbocycles. The number of rotatable bonds is 6. The molecule has 0 amide bonds. The minimum absolute atomic E-state index is 0.142. The van der Waals surface area contributed by atoms with Crippen LogP contribution < -0.4 is 4.90 Å². The summed E-state index contributed by atoms with van der Waals surface area (Å²) in [6, 6.07) is 57.3. The summed E-state index contributed by atoms with van der Waals surface area (Å²) in [6.45, 7) is 0. The van der Waals surface area contributed by atoms with Crippen molar-refractivity contribution in [3.05, 3.63) is 200 Å². The summed E-state index contributed by atoms with van der Waals surface area (Å²) in [6.07, 6.45) is 0. The number of benzene rings is 9. The van der Waals surface area contributed by atoms with Crippen molar-refractivity contribution in [1.29, 1.82) is 0 Å². The van der Waals surface area contributed by atoms with Crippen molar-refractivity contribution in [1.82, 2.24) is 0 Å². The maximum absolute atomic E-state index is 9.76. The van der Waals surface area contributed by atoms with Crippen LogP contribution in [0.2, 0.25) is 0 Å². The van der Waals surface area contributed by atoms with Gasteiger partial charge in [-0.1, -0.05) is 139 Å². The predicted octanol–water partition coefficient (Wildman–Crippen LogP) is 15.1. The Morgan fingerprint density at radius 1 is 0.364 bits per heavy atom. The zero-order valence-electron chi connectivity index (χ0n) is 33.5. The molecule has 11 rings (SSSR count). The quantitative estimate of drug-likeness (QED) is 0.172. The summed E-state index contributed by atoms with van der Waals surface area (Å²) < 4.78 is 51.4. The summed E-state index contributed by atoms with van der Waals surface area (Å²) in [5.74, 6) is 0. The first kappa shape index (κ1) is 27.3. The van der Waals surface area contributed by atoms with E-state index >= 15 is 0 Å². The van der Waals surface area contributed by atoms with Gasteiger partial charge in [-0.2, -0.15) is 0 Å². The number of hydrogen-bond donors (Lipinski definition) is 0. The minimum atomic E-state index is -0.161. The molecule has 0 aliphatic carbocycles. The topological polar surface area (TPSA) is 29.5 Å². The normalized spacial score (nSPS) is 12.7. The molecule has 3 nitrogen and oxygen atoms in total. The summed E-state index contributed by atoms with van der Waals surface area (Å²) in [4.78, 5) is 1.87. The van der Waals surface area contributed by atoms with E-state index in [2.05, 4.69) is 42.5 Å². The van der Waals surface area contributed by atoms with Gasteiger partial charge in [-0.25, -0.2) is 0 Å². The van der Waals surface area contributed by atoms with Crippen LogP contribution in [0.15, 0.2) is 209 Å². The van der Waals surface area contributed by atoms with Crippen LogP contribution in [0.5, 0.6) is 0 Å². The lowest BCUT2D eigenvalue weighted by atomic mass is 9.95. The fraction of sp³-hybridized carbons (Fsp3) is 0. The molecule has 0 bridgehead atoms. The van der Waals surface area contributed by atoms with E-state index in [1.54, 1.807) is 0 Å². The highest BCUT2D eigenvalue weighted by atomic mass is 16.3. The van der Waals surface area contributed by atoms with Gasteiger partial charge in [-0.15, -0.1) is 0 Å². The van der Waals surface area contributed by atoms with Gasteiger partial charge in [0.25, 0.3) is 0 Å². The highest BCUT2D eigenvalue weighted by Crippen LogP contribution is 2.46. The van der Waals surface area contributed by atoms with Crippen LogP contribution in [0.4, 0.5) is 17.1 Å². The molecule has 0 unspecified atom stereocenters. The lowest BCUT2D eigenvalue weighted by molar-refractivity contribution is 0.669. The average Bonchev–Trinajstić information content (AvgIpc) is 3.85. The summed E-state index contributed by atoms with van der Waals surface area (Å²) in [7, 11) is 0. The summed E-state index contributed by atoms with van der Waals surface area (Å²) >= 11 is 0. The fourth-order valence-electron chi connectivity index (χ4n) is 7.99. The SMILES string of the molecule is [2H]c1c([2H])c(N(c2ccc(-c3ccccc3)cc2)c2ccccc2-c2cccc3oc4cc5ccccc5cc4c23)c([2H])c([2H])c1-c1cccc2oc3ccccc3c12. The van der Waals surface area contributed by atoms with Gasteiger partial charge in [0.2, 0.25) is 0 Å². The lowest BCUT2D eigenvalue weighted by Gasteiger charge is -2.28. The van der Waals surface area contributed by atoms with Gasteiger partial charge >= 0.3 is 0 Å². The van der Waals surface area contributed by atoms with Gasteiger partial charge in [0.05, 0.1) is 11.2 Å². The third-order valence-electron chi connectivity index (χ3n) is 10.5. The average molecular weight is 708 g/mol. The Bertz CT molecular complexity index is 3410. The van der Waals surface area contributed by atoms with E-state index < -0.39 is 0 Å². The Hall–Kier alpha value is -7.36. The third-order valence-corrected chi connectivity index (χ3v) is 10.5. The molecular weight excluding hydrogens is 671 g/mol. The smallest absolute Gasteiger partial charge is 0.136 e. The Morgan fingerprint density at radius 2 is 0.945 bits per heavy atom. The van der Waals surface area contributed by atoms with Crippen molar-refractivity contribution < 1.29 is 14.3 Å². The maximum atomic E-state index is 9.76. The molecule has 2 heterocycles. The third kappa shape index (κ3) is 5.20. The molecule has 0 saturated heterocycles. The Morgan fingerprint density at radius 3 is 1.75 bits per heavy atom. The molecule has 0 spiro atoms. The van der Waals surface area contributed by atoms with Gasteiger partial charge in [0, 0.05) is 38.5 Å². The van der Waals surface area contributed by atoms with Crippen LogP contribution in [0.25, 0.3) is 88.0 Å². The first-order valence-electron chi connectivity index (χ1n) is 20.3. The Kier molecular flexibility index (Phi) is 6.27. The summed E-state index contributed by atoms with van der Waals surface area (Å²) in [5, 5.41) is 5.74. The molecule has 258 valence electrons. The van der Waals surface area contributed by atoms with Crippen molar-refractivity contribution in [2.45, 2.75) is 0 Å². The molecule has 0 atom stereocenters. The van der Waals surface area contributed by atoms with Crippen molar-refractivity contribution in [2.24, 2.45) is 0 Å². The monoisotopic (exact) mass is 707 g/mol. The van der Waals surface area contributed by atoms with Gasteiger partial charge < -0.3 is 13.7 Å². The Balaban J connectivity index is 1.17. The van der Waals surface area contributed by atoms with Crippen molar-refractivity contribution in [3.8, 4) is 33.4 Å². The minimum Gasteiger partial charge on any atom is -0.456 e. The second kappa shape index (κ2) is 12.6. The zero-order chi connectivity index (χ0) is 39.8. The van der Waals surface area contributed by atoms with E-state index in [9.17, 15) is 5.48 Å². The molecule has 55 heavy (non-hydrogen) atoms. The Labute approximate surface area is 323 Å². The molecule has 0 fully saturated rings. The van der Waals surface area contributed by atoms with Crippen LogP contribution in [-0.4, -0.2) is 0 Å². The molecule has 0 aliphatic rings. The number of furan rings is 2. The predicted molar refractivity (Wildman–Crippen MR) is 229 cm³/mol. The van der Waals surface area contributed by atoms with Gasteiger partial charge in [-0.05, 0) is 99.2 Å². The van der Waals surface area contributed by atoms with E-state index in [1.165, 1.54) is 0 Å². The molecule has 0 N–H and O–H groups in total.